The van der Waals surface area contributed by atoms with E-state index >= 15 is 0 Å². The van der Waals surface area contributed by atoms with Crippen molar-refractivity contribution in [2.45, 2.75) is 12.5 Å². The quantitative estimate of drug-likeness (QED) is 0.889. The Hall–Kier alpha value is -1.85. The molecule has 112 valence electrons. The van der Waals surface area contributed by atoms with E-state index in [4.69, 9.17) is 11.6 Å². The molecule has 5 nitrogen and oxygen atoms in total. The Morgan fingerprint density at radius 1 is 1.33 bits per heavy atom. The zero-order valence-electron chi connectivity index (χ0n) is 12.3. The third kappa shape index (κ3) is 4.06. The molecule has 0 saturated heterocycles. The molecular weight excluding hydrogens is 288 g/mol. The van der Waals surface area contributed by atoms with Crippen molar-refractivity contribution in [2.75, 3.05) is 30.9 Å². The van der Waals surface area contributed by atoms with Crippen molar-refractivity contribution in [3.63, 3.8) is 0 Å². The summed E-state index contributed by atoms with van der Waals surface area (Å²) in [5.74, 6) is 1.28. The number of benzene rings is 1. The minimum atomic E-state index is -1.07. The molecule has 1 unspecified atom stereocenters. The van der Waals surface area contributed by atoms with E-state index in [0.717, 1.165) is 11.4 Å². The Bertz CT molecular complexity index is 616. The highest BCUT2D eigenvalue weighted by atomic mass is 35.5. The van der Waals surface area contributed by atoms with Crippen LogP contribution in [0.25, 0.3) is 0 Å². The van der Waals surface area contributed by atoms with E-state index in [0.29, 0.717) is 11.0 Å². The fraction of sp³-hybridized carbons (Fsp3) is 0.333. The van der Waals surface area contributed by atoms with Crippen LogP contribution in [0.4, 0.5) is 11.8 Å². The Morgan fingerprint density at radius 2 is 2.10 bits per heavy atom. The Kier molecular flexibility index (Phi) is 4.65. The van der Waals surface area contributed by atoms with Gasteiger partial charge in [0.1, 0.15) is 11.4 Å². The second kappa shape index (κ2) is 6.28. The van der Waals surface area contributed by atoms with Gasteiger partial charge in [-0.1, -0.05) is 23.7 Å². The average Bonchev–Trinajstić information content (AvgIpc) is 2.45. The fourth-order valence-electron chi connectivity index (χ4n) is 1.86. The summed E-state index contributed by atoms with van der Waals surface area (Å²) in [5.41, 5.74) is -0.325. The molecule has 2 aromatic rings. The van der Waals surface area contributed by atoms with Gasteiger partial charge in [0.25, 0.3) is 0 Å². The van der Waals surface area contributed by atoms with Crippen molar-refractivity contribution >= 4 is 23.4 Å². The van der Waals surface area contributed by atoms with Crippen LogP contribution >= 0.6 is 11.6 Å². The van der Waals surface area contributed by atoms with Crippen molar-refractivity contribution in [3.05, 3.63) is 47.1 Å². The first-order valence-corrected chi connectivity index (χ1v) is 6.99. The molecule has 21 heavy (non-hydrogen) atoms. The standard InChI is InChI=1S/C15H19ClN4O/c1-15(21,11-5-4-6-12(16)9-11)10-18-14-17-8-7-13(19-14)20(2)3/h4-9,21H,10H2,1-3H3,(H,17,18,19). The predicted octanol–water partition coefficient (Wildman–Crippen LogP) is 2.52. The molecular formula is C15H19ClN4O. The lowest BCUT2D eigenvalue weighted by atomic mass is 9.96. The number of halogens is 1. The summed E-state index contributed by atoms with van der Waals surface area (Å²) in [6.45, 7) is 2.01. The summed E-state index contributed by atoms with van der Waals surface area (Å²) in [6, 6.07) is 9.00. The van der Waals surface area contributed by atoms with Crippen LogP contribution in [0.15, 0.2) is 36.5 Å². The second-order valence-electron chi connectivity index (χ2n) is 5.27. The topological polar surface area (TPSA) is 61.3 Å². The number of aliphatic hydroxyl groups is 1. The van der Waals surface area contributed by atoms with E-state index in [1.807, 2.05) is 37.2 Å². The summed E-state index contributed by atoms with van der Waals surface area (Å²) >= 11 is 5.96. The van der Waals surface area contributed by atoms with Crippen LogP contribution in [0.1, 0.15) is 12.5 Å². The van der Waals surface area contributed by atoms with Crippen molar-refractivity contribution in [1.82, 2.24) is 9.97 Å². The van der Waals surface area contributed by atoms with Gasteiger partial charge in [0.15, 0.2) is 0 Å². The molecule has 0 aliphatic rings. The van der Waals surface area contributed by atoms with Gasteiger partial charge in [0, 0.05) is 25.3 Å². The molecule has 0 fully saturated rings. The molecule has 0 amide bonds. The first-order valence-electron chi connectivity index (χ1n) is 6.61. The minimum Gasteiger partial charge on any atom is -0.384 e. The van der Waals surface area contributed by atoms with E-state index in [1.165, 1.54) is 0 Å². The lowest BCUT2D eigenvalue weighted by Crippen LogP contribution is -2.31. The van der Waals surface area contributed by atoms with Gasteiger partial charge < -0.3 is 15.3 Å². The number of hydrogen-bond acceptors (Lipinski definition) is 5. The van der Waals surface area contributed by atoms with Crippen molar-refractivity contribution in [3.8, 4) is 0 Å². The Balaban J connectivity index is 2.09. The molecule has 1 atom stereocenters. The summed E-state index contributed by atoms with van der Waals surface area (Å²) in [7, 11) is 3.82. The van der Waals surface area contributed by atoms with Gasteiger partial charge in [-0.05, 0) is 30.7 Å². The van der Waals surface area contributed by atoms with Crippen LogP contribution in [0.2, 0.25) is 5.02 Å². The molecule has 0 bridgehead atoms. The fourth-order valence-corrected chi connectivity index (χ4v) is 2.05. The second-order valence-corrected chi connectivity index (χ2v) is 5.71. The molecule has 2 rings (SSSR count). The van der Waals surface area contributed by atoms with Crippen LogP contribution in [-0.4, -0.2) is 35.7 Å². The molecule has 0 spiro atoms. The van der Waals surface area contributed by atoms with Gasteiger partial charge in [-0.15, -0.1) is 0 Å². The first kappa shape index (κ1) is 15.5. The molecule has 0 saturated carbocycles. The predicted molar refractivity (Wildman–Crippen MR) is 85.9 cm³/mol. The van der Waals surface area contributed by atoms with Crippen LogP contribution in [-0.2, 0) is 5.60 Å². The normalized spacial score (nSPS) is 13.6. The highest BCUT2D eigenvalue weighted by molar-refractivity contribution is 6.30. The zero-order chi connectivity index (χ0) is 15.5. The minimum absolute atomic E-state index is 0.282. The van der Waals surface area contributed by atoms with Gasteiger partial charge in [-0.3, -0.25) is 0 Å². The van der Waals surface area contributed by atoms with Gasteiger partial charge in [0.2, 0.25) is 5.95 Å². The van der Waals surface area contributed by atoms with Crippen molar-refractivity contribution in [2.24, 2.45) is 0 Å². The maximum atomic E-state index is 10.6. The van der Waals surface area contributed by atoms with Gasteiger partial charge in [-0.25, -0.2) is 4.98 Å². The average molecular weight is 307 g/mol. The maximum Gasteiger partial charge on any atom is 0.224 e. The summed E-state index contributed by atoms with van der Waals surface area (Å²) in [4.78, 5) is 10.4. The third-order valence-electron chi connectivity index (χ3n) is 3.14. The number of nitrogens with zero attached hydrogens (tertiary/aromatic N) is 3. The van der Waals surface area contributed by atoms with Crippen molar-refractivity contribution < 1.29 is 5.11 Å². The van der Waals surface area contributed by atoms with Crippen LogP contribution in [0.3, 0.4) is 0 Å². The maximum absolute atomic E-state index is 10.6. The molecule has 0 radical (unpaired) electrons. The van der Waals surface area contributed by atoms with Gasteiger partial charge in [0.05, 0.1) is 6.54 Å². The molecule has 1 aromatic carbocycles. The number of anilines is 2. The lowest BCUT2D eigenvalue weighted by molar-refractivity contribution is 0.0713. The van der Waals surface area contributed by atoms with Crippen LogP contribution in [0, 0.1) is 0 Å². The monoisotopic (exact) mass is 306 g/mol. The number of aromatic nitrogens is 2. The van der Waals surface area contributed by atoms with Gasteiger partial charge in [-0.2, -0.15) is 4.98 Å². The summed E-state index contributed by atoms with van der Waals surface area (Å²) in [5, 5.41) is 14.2. The van der Waals surface area contributed by atoms with E-state index in [2.05, 4.69) is 15.3 Å². The molecule has 6 heteroatoms. The lowest BCUT2D eigenvalue weighted by Gasteiger charge is -2.24. The number of nitrogens with one attached hydrogen (secondary N) is 1. The molecule has 1 heterocycles. The molecule has 1 aromatic heterocycles. The van der Waals surface area contributed by atoms with Crippen LogP contribution in [0.5, 0.6) is 0 Å². The zero-order valence-corrected chi connectivity index (χ0v) is 13.1. The summed E-state index contributed by atoms with van der Waals surface area (Å²) in [6.07, 6.45) is 1.68. The number of hydrogen-bond donors (Lipinski definition) is 2. The van der Waals surface area contributed by atoms with Crippen molar-refractivity contribution in [1.29, 1.82) is 0 Å². The highest BCUT2D eigenvalue weighted by Gasteiger charge is 2.23. The molecule has 0 aliphatic heterocycles. The molecule has 0 aliphatic carbocycles. The van der Waals surface area contributed by atoms with E-state index in [-0.39, 0.29) is 6.54 Å². The van der Waals surface area contributed by atoms with E-state index in [9.17, 15) is 5.11 Å². The highest BCUT2D eigenvalue weighted by Crippen LogP contribution is 2.23. The first-order chi connectivity index (χ1) is 9.88. The number of rotatable bonds is 5. The molecule has 2 N–H and O–H groups in total. The third-order valence-corrected chi connectivity index (χ3v) is 3.37. The van der Waals surface area contributed by atoms with E-state index < -0.39 is 5.60 Å². The van der Waals surface area contributed by atoms with Crippen LogP contribution < -0.4 is 10.2 Å². The largest absolute Gasteiger partial charge is 0.384 e. The SMILES string of the molecule is CN(C)c1ccnc(NCC(C)(O)c2cccc(Cl)c2)n1. The van der Waals surface area contributed by atoms with Gasteiger partial charge >= 0.3 is 0 Å². The summed E-state index contributed by atoms with van der Waals surface area (Å²) < 4.78 is 0. The Labute approximate surface area is 129 Å². The smallest absolute Gasteiger partial charge is 0.224 e. The Morgan fingerprint density at radius 3 is 2.76 bits per heavy atom. The van der Waals surface area contributed by atoms with E-state index in [1.54, 1.807) is 25.3 Å².